The van der Waals surface area contributed by atoms with Gasteiger partial charge in [0.15, 0.2) is 0 Å². The van der Waals surface area contributed by atoms with Crippen LogP contribution < -0.4 is 0 Å². The second-order valence-electron chi connectivity index (χ2n) is 3.18. The van der Waals surface area contributed by atoms with Crippen molar-refractivity contribution in [2.45, 2.75) is 16.6 Å². The summed E-state index contributed by atoms with van der Waals surface area (Å²) in [5.41, 5.74) is 1.31. The molecule has 3 heteroatoms. The number of carbonyl (C=O) groups excluding carboxylic acids is 1. The average molecular weight is 218 g/mol. The molecule has 1 aromatic rings. The second kappa shape index (κ2) is 4.41. The molecule has 15 heavy (non-hydrogen) atoms. The molecule has 0 saturated heterocycles. The third kappa shape index (κ3) is 2.34. The second-order valence-corrected chi connectivity index (χ2v) is 4.42. The first kappa shape index (κ1) is 10.1. The molecular weight excluding hydrogens is 208 g/mol. The van der Waals surface area contributed by atoms with Crippen LogP contribution in [0.3, 0.4) is 0 Å². The molecule has 0 fully saturated rings. The summed E-state index contributed by atoms with van der Waals surface area (Å²) in [5.74, 6) is 4.93. The van der Waals surface area contributed by atoms with Crippen molar-refractivity contribution in [1.29, 1.82) is 0 Å². The fraction of sp³-hybridized carbons (Fsp3) is 0.250. The van der Waals surface area contributed by atoms with Crippen molar-refractivity contribution in [3.63, 3.8) is 0 Å². The predicted octanol–water partition coefficient (Wildman–Crippen LogP) is 1.88. The first-order valence-electron chi connectivity index (χ1n) is 4.63. The van der Waals surface area contributed by atoms with Crippen molar-refractivity contribution in [1.82, 2.24) is 0 Å². The van der Waals surface area contributed by atoms with Gasteiger partial charge in [0.1, 0.15) is 0 Å². The minimum atomic E-state index is -0.466. The van der Waals surface area contributed by atoms with E-state index >= 15 is 0 Å². The third-order valence-electron chi connectivity index (χ3n) is 2.17. The summed E-state index contributed by atoms with van der Waals surface area (Å²) < 4.78 is 4.47. The van der Waals surface area contributed by atoms with E-state index in [1.54, 1.807) is 11.8 Å². The lowest BCUT2D eigenvalue weighted by atomic mass is 10.1. The van der Waals surface area contributed by atoms with Crippen LogP contribution >= 0.6 is 11.8 Å². The smallest absolute Gasteiger partial charge is 0.384 e. The number of ether oxygens (including phenoxy) is 1. The summed E-state index contributed by atoms with van der Waals surface area (Å²) >= 11 is 1.71. The highest BCUT2D eigenvalue weighted by atomic mass is 32.2. The van der Waals surface area contributed by atoms with Crippen LogP contribution in [0.1, 0.15) is 5.56 Å². The number of methoxy groups -OCH3 is 1. The zero-order valence-corrected chi connectivity index (χ0v) is 9.14. The van der Waals surface area contributed by atoms with Gasteiger partial charge in [0.05, 0.1) is 12.4 Å². The number of thioether (sulfide) groups is 1. The van der Waals surface area contributed by atoms with Crippen molar-refractivity contribution >= 4 is 17.7 Å². The van der Waals surface area contributed by atoms with Crippen molar-refractivity contribution in [2.75, 3.05) is 7.11 Å². The van der Waals surface area contributed by atoms with Crippen molar-refractivity contribution in [2.24, 2.45) is 0 Å². The molecule has 0 radical (unpaired) electrons. The van der Waals surface area contributed by atoms with Crippen molar-refractivity contribution < 1.29 is 9.53 Å². The summed E-state index contributed by atoms with van der Waals surface area (Å²) in [6.45, 7) is 0. The molecule has 2 nitrogen and oxygen atoms in total. The first-order valence-corrected chi connectivity index (χ1v) is 5.51. The maximum Gasteiger partial charge on any atom is 0.384 e. The van der Waals surface area contributed by atoms with E-state index in [2.05, 4.69) is 28.7 Å². The van der Waals surface area contributed by atoms with Crippen LogP contribution in [0.15, 0.2) is 29.2 Å². The number of fused-ring (bicyclic) bond motifs is 1. The van der Waals surface area contributed by atoms with Crippen LogP contribution in [-0.2, 0) is 16.0 Å². The molecule has 0 aliphatic carbocycles. The third-order valence-corrected chi connectivity index (χ3v) is 3.39. The topological polar surface area (TPSA) is 26.3 Å². The van der Waals surface area contributed by atoms with Crippen LogP contribution in [0, 0.1) is 11.8 Å². The molecule has 1 aliphatic heterocycles. The minimum Gasteiger partial charge on any atom is -0.459 e. The Hall–Kier alpha value is -1.40. The quantitative estimate of drug-likeness (QED) is 0.378. The lowest BCUT2D eigenvalue weighted by Crippen LogP contribution is -2.00. The molecule has 2 rings (SSSR count). The van der Waals surface area contributed by atoms with E-state index in [0.29, 0.717) is 0 Å². The minimum absolute atomic E-state index is 0.182. The van der Waals surface area contributed by atoms with Gasteiger partial charge in [0.2, 0.25) is 0 Å². The normalized spacial score (nSPS) is 17.5. The maximum atomic E-state index is 10.8. The number of carbonyl (C=O) groups is 1. The molecule has 76 valence electrons. The summed E-state index contributed by atoms with van der Waals surface area (Å²) in [5, 5.41) is 0.182. The van der Waals surface area contributed by atoms with Gasteiger partial charge in [-0.05, 0) is 18.1 Å². The molecule has 1 heterocycles. The van der Waals surface area contributed by atoms with Gasteiger partial charge in [0, 0.05) is 10.8 Å². The molecule has 0 spiro atoms. The summed E-state index contributed by atoms with van der Waals surface area (Å²) in [4.78, 5) is 12.1. The van der Waals surface area contributed by atoms with Gasteiger partial charge in [-0.2, -0.15) is 0 Å². The first-order chi connectivity index (χ1) is 7.29. The van der Waals surface area contributed by atoms with Crippen LogP contribution in [0.4, 0.5) is 0 Å². The number of benzene rings is 1. The predicted molar refractivity (Wildman–Crippen MR) is 59.6 cm³/mol. The van der Waals surface area contributed by atoms with Gasteiger partial charge in [-0.25, -0.2) is 4.79 Å². The van der Waals surface area contributed by atoms with E-state index < -0.39 is 5.97 Å². The zero-order valence-electron chi connectivity index (χ0n) is 8.32. The van der Waals surface area contributed by atoms with Gasteiger partial charge in [-0.3, -0.25) is 0 Å². The number of hydrogen-bond acceptors (Lipinski definition) is 3. The Bertz CT molecular complexity index is 417. The number of hydrogen-bond donors (Lipinski definition) is 0. The van der Waals surface area contributed by atoms with E-state index in [1.165, 1.54) is 17.6 Å². The van der Waals surface area contributed by atoms with Crippen LogP contribution in [0.5, 0.6) is 0 Å². The maximum absolute atomic E-state index is 10.8. The van der Waals surface area contributed by atoms with Crippen LogP contribution in [0.25, 0.3) is 0 Å². The molecule has 1 atom stereocenters. The van der Waals surface area contributed by atoms with Crippen LogP contribution in [-0.4, -0.2) is 18.3 Å². The van der Waals surface area contributed by atoms with E-state index in [1.807, 2.05) is 12.1 Å². The highest BCUT2D eigenvalue weighted by Gasteiger charge is 2.19. The molecule has 0 N–H and O–H groups in total. The van der Waals surface area contributed by atoms with Gasteiger partial charge >= 0.3 is 5.97 Å². The Morgan fingerprint density at radius 1 is 1.53 bits per heavy atom. The highest BCUT2D eigenvalue weighted by molar-refractivity contribution is 8.00. The Morgan fingerprint density at radius 2 is 2.33 bits per heavy atom. The monoisotopic (exact) mass is 218 g/mol. The molecule has 0 saturated carbocycles. The fourth-order valence-electron chi connectivity index (χ4n) is 1.45. The summed E-state index contributed by atoms with van der Waals surface area (Å²) in [6.07, 6.45) is 0.908. The van der Waals surface area contributed by atoms with Gasteiger partial charge in [0.25, 0.3) is 0 Å². The summed E-state index contributed by atoms with van der Waals surface area (Å²) in [7, 11) is 1.34. The average Bonchev–Trinajstić information content (AvgIpc) is 2.68. The van der Waals surface area contributed by atoms with E-state index in [0.717, 1.165) is 6.42 Å². The zero-order chi connectivity index (χ0) is 10.7. The molecule has 1 aliphatic rings. The van der Waals surface area contributed by atoms with Gasteiger partial charge in [-0.15, -0.1) is 11.8 Å². The SMILES string of the molecule is COC(=O)C#CC1Cc2ccccc2S1. The Labute approximate surface area is 93.0 Å². The lowest BCUT2D eigenvalue weighted by Gasteiger charge is -1.95. The van der Waals surface area contributed by atoms with Crippen LogP contribution in [0.2, 0.25) is 0 Å². The van der Waals surface area contributed by atoms with E-state index in [4.69, 9.17) is 0 Å². The molecule has 0 bridgehead atoms. The molecule has 1 aromatic carbocycles. The Balaban J connectivity index is 2.07. The summed E-state index contributed by atoms with van der Waals surface area (Å²) in [6, 6.07) is 8.22. The Kier molecular flexibility index (Phi) is 2.98. The Morgan fingerprint density at radius 3 is 3.07 bits per heavy atom. The molecular formula is C12H10O2S. The number of rotatable bonds is 0. The fourth-order valence-corrected chi connectivity index (χ4v) is 2.60. The highest BCUT2D eigenvalue weighted by Crippen LogP contribution is 2.36. The standard InChI is InChI=1S/C12H10O2S/c1-14-12(13)7-6-10-8-9-4-2-3-5-11(9)15-10/h2-5,10H,8H2,1H3. The van der Waals surface area contributed by atoms with E-state index in [9.17, 15) is 4.79 Å². The van der Waals surface area contributed by atoms with E-state index in [-0.39, 0.29) is 5.25 Å². The lowest BCUT2D eigenvalue weighted by molar-refractivity contribution is -0.133. The molecule has 1 unspecified atom stereocenters. The van der Waals surface area contributed by atoms with Gasteiger partial charge < -0.3 is 4.74 Å². The largest absolute Gasteiger partial charge is 0.459 e. The molecule has 0 aromatic heterocycles. The van der Waals surface area contributed by atoms with Crippen molar-refractivity contribution in [3.05, 3.63) is 29.8 Å². The molecule has 0 amide bonds. The van der Waals surface area contributed by atoms with Crippen molar-refractivity contribution in [3.8, 4) is 11.8 Å². The van der Waals surface area contributed by atoms with Gasteiger partial charge in [-0.1, -0.05) is 24.1 Å². The number of esters is 1.